The second kappa shape index (κ2) is 4.22. The molecule has 0 unspecified atom stereocenters. The number of hydrogen-bond donors (Lipinski definition) is 0. The van der Waals surface area contributed by atoms with Crippen LogP contribution in [0.3, 0.4) is 0 Å². The number of alkyl halides is 6. The molecular weight excluding hydrogens is 298 g/mol. The lowest BCUT2D eigenvalue weighted by Crippen LogP contribution is -2.12. The van der Waals surface area contributed by atoms with Gasteiger partial charge in [0.2, 0.25) is 0 Å². The van der Waals surface area contributed by atoms with Crippen molar-refractivity contribution in [3.05, 3.63) is 34.7 Å². The lowest BCUT2D eigenvalue weighted by atomic mass is 10.1. The van der Waals surface area contributed by atoms with Crippen LogP contribution in [0.1, 0.15) is 11.1 Å². The summed E-state index contributed by atoms with van der Waals surface area (Å²) in [4.78, 5) is 6.72. The van der Waals surface area contributed by atoms with E-state index in [1.165, 1.54) is 0 Å². The quantitative estimate of drug-likeness (QED) is 0.535. The number of halogens is 7. The van der Waals surface area contributed by atoms with Gasteiger partial charge in [-0.15, -0.1) is 0 Å². The lowest BCUT2D eigenvalue weighted by Gasteiger charge is -2.14. The van der Waals surface area contributed by atoms with Crippen LogP contribution in [0.4, 0.5) is 26.3 Å². The predicted octanol–water partition coefficient (Wildman–Crippen LogP) is 4.32. The average Bonchev–Trinajstić information content (AvgIpc) is 2.25. The van der Waals surface area contributed by atoms with Crippen molar-refractivity contribution in [2.75, 3.05) is 0 Å². The van der Waals surface area contributed by atoms with Gasteiger partial charge in [-0.05, 0) is 12.1 Å². The first kappa shape index (κ1) is 13.9. The molecule has 0 bridgehead atoms. The van der Waals surface area contributed by atoms with Crippen molar-refractivity contribution >= 4 is 22.5 Å². The summed E-state index contributed by atoms with van der Waals surface area (Å²) in [7, 11) is 0. The SMILES string of the molecule is FC(F)(F)c1cc(C(F)(F)F)c2ncnc(Cl)c2c1. The Hall–Kier alpha value is -1.57. The van der Waals surface area contributed by atoms with Gasteiger partial charge in [0.05, 0.1) is 16.6 Å². The zero-order valence-electron chi connectivity index (χ0n) is 8.77. The van der Waals surface area contributed by atoms with Gasteiger partial charge in [-0.3, -0.25) is 0 Å². The predicted molar refractivity (Wildman–Crippen MR) is 54.6 cm³/mol. The maximum absolute atomic E-state index is 12.7. The van der Waals surface area contributed by atoms with Crippen molar-refractivity contribution < 1.29 is 26.3 Å². The fraction of sp³-hybridized carbons (Fsp3) is 0.200. The summed E-state index contributed by atoms with van der Waals surface area (Å²) in [5.41, 5.74) is -3.62. The van der Waals surface area contributed by atoms with E-state index in [2.05, 4.69) is 9.97 Å². The smallest absolute Gasteiger partial charge is 0.236 e. The molecule has 0 radical (unpaired) electrons. The number of nitrogens with zero attached hydrogens (tertiary/aromatic N) is 2. The molecule has 1 aromatic heterocycles. The van der Waals surface area contributed by atoms with Crippen molar-refractivity contribution in [2.24, 2.45) is 0 Å². The van der Waals surface area contributed by atoms with Crippen LogP contribution in [0.25, 0.3) is 10.9 Å². The molecule has 19 heavy (non-hydrogen) atoms. The van der Waals surface area contributed by atoms with Gasteiger partial charge in [0.25, 0.3) is 0 Å². The average molecular weight is 301 g/mol. The summed E-state index contributed by atoms with van der Waals surface area (Å²) in [6.45, 7) is 0. The Labute approximate surface area is 107 Å². The van der Waals surface area contributed by atoms with Crippen LogP contribution in [0.2, 0.25) is 5.15 Å². The molecule has 2 nitrogen and oxygen atoms in total. The maximum Gasteiger partial charge on any atom is 0.418 e. The highest BCUT2D eigenvalue weighted by Gasteiger charge is 2.38. The van der Waals surface area contributed by atoms with Crippen molar-refractivity contribution in [3.8, 4) is 0 Å². The third kappa shape index (κ3) is 2.58. The zero-order valence-corrected chi connectivity index (χ0v) is 9.53. The molecule has 1 aromatic carbocycles. The molecule has 0 saturated carbocycles. The summed E-state index contributed by atoms with van der Waals surface area (Å²) in [5.74, 6) is 0. The first-order chi connectivity index (χ1) is 8.60. The van der Waals surface area contributed by atoms with E-state index in [1.54, 1.807) is 0 Å². The van der Waals surface area contributed by atoms with E-state index in [0.717, 1.165) is 6.33 Å². The fourth-order valence-electron chi connectivity index (χ4n) is 1.52. The largest absolute Gasteiger partial charge is 0.418 e. The van der Waals surface area contributed by atoms with Crippen LogP contribution in [0.15, 0.2) is 18.5 Å². The van der Waals surface area contributed by atoms with E-state index >= 15 is 0 Å². The van der Waals surface area contributed by atoms with Crippen molar-refractivity contribution in [3.63, 3.8) is 0 Å². The molecule has 2 aromatic rings. The third-order valence-electron chi connectivity index (χ3n) is 2.32. The van der Waals surface area contributed by atoms with E-state index in [9.17, 15) is 26.3 Å². The van der Waals surface area contributed by atoms with Gasteiger partial charge in [0, 0.05) is 5.39 Å². The van der Waals surface area contributed by atoms with Gasteiger partial charge in [-0.2, -0.15) is 26.3 Å². The highest BCUT2D eigenvalue weighted by atomic mass is 35.5. The van der Waals surface area contributed by atoms with Crippen LogP contribution in [-0.4, -0.2) is 9.97 Å². The number of aromatic nitrogens is 2. The normalized spacial score (nSPS) is 13.0. The third-order valence-corrected chi connectivity index (χ3v) is 2.62. The Morgan fingerprint density at radius 3 is 2.05 bits per heavy atom. The van der Waals surface area contributed by atoms with E-state index in [1.807, 2.05) is 0 Å². The van der Waals surface area contributed by atoms with Crippen LogP contribution in [-0.2, 0) is 12.4 Å². The monoisotopic (exact) mass is 300 g/mol. The van der Waals surface area contributed by atoms with Crippen molar-refractivity contribution in [2.45, 2.75) is 12.4 Å². The zero-order chi connectivity index (χ0) is 14.4. The van der Waals surface area contributed by atoms with E-state index in [0.29, 0.717) is 6.07 Å². The van der Waals surface area contributed by atoms with Gasteiger partial charge >= 0.3 is 12.4 Å². The first-order valence-electron chi connectivity index (χ1n) is 4.69. The molecule has 0 amide bonds. The molecule has 0 N–H and O–H groups in total. The Morgan fingerprint density at radius 1 is 0.895 bits per heavy atom. The Kier molecular flexibility index (Phi) is 3.08. The molecular formula is C10H3ClF6N2. The molecule has 0 aliphatic carbocycles. The van der Waals surface area contributed by atoms with Crippen molar-refractivity contribution in [1.82, 2.24) is 9.97 Å². The molecule has 0 fully saturated rings. The summed E-state index contributed by atoms with van der Waals surface area (Å²) >= 11 is 5.52. The van der Waals surface area contributed by atoms with Gasteiger partial charge in [0.1, 0.15) is 11.5 Å². The Balaban J connectivity index is 2.89. The molecule has 0 atom stereocenters. The Bertz CT molecular complexity index is 634. The topological polar surface area (TPSA) is 25.8 Å². The minimum absolute atomic E-state index is 0.00562. The summed E-state index contributed by atoms with van der Waals surface area (Å²) in [6.07, 6.45) is -9.14. The minimum atomic E-state index is -4.98. The highest BCUT2D eigenvalue weighted by Crippen LogP contribution is 2.40. The van der Waals surface area contributed by atoms with E-state index in [4.69, 9.17) is 11.6 Å². The molecule has 1 heterocycles. The summed E-state index contributed by atoms with van der Waals surface area (Å²) < 4.78 is 75.9. The fourth-order valence-corrected chi connectivity index (χ4v) is 1.71. The molecule has 0 aliphatic heterocycles. The molecule has 0 aliphatic rings. The molecule has 9 heteroatoms. The van der Waals surface area contributed by atoms with Crippen LogP contribution >= 0.6 is 11.6 Å². The van der Waals surface area contributed by atoms with E-state index in [-0.39, 0.29) is 6.07 Å². The lowest BCUT2D eigenvalue weighted by molar-refractivity contribution is -0.142. The second-order valence-corrected chi connectivity index (χ2v) is 3.94. The second-order valence-electron chi connectivity index (χ2n) is 3.58. The number of fused-ring (bicyclic) bond motifs is 1. The van der Waals surface area contributed by atoms with Gasteiger partial charge < -0.3 is 0 Å². The van der Waals surface area contributed by atoms with Gasteiger partial charge in [-0.1, -0.05) is 11.6 Å². The molecule has 0 spiro atoms. The number of rotatable bonds is 0. The summed E-state index contributed by atoms with van der Waals surface area (Å²) in [5, 5.41) is -0.965. The number of benzene rings is 1. The summed E-state index contributed by atoms with van der Waals surface area (Å²) in [6, 6.07) is 0.499. The van der Waals surface area contributed by atoms with Crippen LogP contribution < -0.4 is 0 Å². The molecule has 102 valence electrons. The standard InChI is InChI=1S/C10H3ClF6N2/c11-8-5-1-4(9(12,13)14)2-6(10(15,16)17)7(5)18-3-19-8/h1-3H. The molecule has 2 rings (SSSR count). The first-order valence-corrected chi connectivity index (χ1v) is 5.07. The maximum atomic E-state index is 12.7. The Morgan fingerprint density at radius 2 is 1.53 bits per heavy atom. The van der Waals surface area contributed by atoms with Gasteiger partial charge in [-0.25, -0.2) is 9.97 Å². The van der Waals surface area contributed by atoms with Crippen molar-refractivity contribution in [1.29, 1.82) is 0 Å². The van der Waals surface area contributed by atoms with E-state index < -0.39 is 39.5 Å². The highest BCUT2D eigenvalue weighted by molar-refractivity contribution is 6.34. The molecule has 0 saturated heterocycles. The van der Waals surface area contributed by atoms with Gasteiger partial charge in [0.15, 0.2) is 0 Å². The van der Waals surface area contributed by atoms with Crippen LogP contribution in [0, 0.1) is 0 Å². The minimum Gasteiger partial charge on any atom is -0.236 e. The van der Waals surface area contributed by atoms with Crippen LogP contribution in [0.5, 0.6) is 0 Å². The number of hydrogen-bond acceptors (Lipinski definition) is 2.